The van der Waals surface area contributed by atoms with E-state index in [4.69, 9.17) is 0 Å². The van der Waals surface area contributed by atoms with Crippen LogP contribution in [0.15, 0.2) is 80.7 Å². The summed E-state index contributed by atoms with van der Waals surface area (Å²) in [5, 5.41) is 0. The summed E-state index contributed by atoms with van der Waals surface area (Å²) in [5.74, 6) is -0.998. The Labute approximate surface area is 350 Å². The minimum atomic E-state index is -4.51. The van der Waals surface area contributed by atoms with Gasteiger partial charge in [-0.05, 0) is 74.4 Å². The number of hydrogen-bond acceptors (Lipinski definition) is 9. The SMILES string of the molecule is CC1(C)C(/C=C/C(Br)=C/C=C2\N(CCCS(=O)(=O)O)c3ccc(S(=O)(=O)O)cc3C2(C)C)=[N+](CCCS(=O)(=O)O)c2ccc(S(=O)(=O)O)cc21.[KH]. The fourth-order valence-electron chi connectivity index (χ4n) is 6.29. The minimum absolute atomic E-state index is 0. The first-order chi connectivity index (χ1) is 22.7. The Bertz CT molecular complexity index is 2300. The van der Waals surface area contributed by atoms with Gasteiger partial charge in [-0.1, -0.05) is 29.8 Å². The number of nitrogens with zero attached hydrogens (tertiary/aromatic N) is 2. The zero-order chi connectivity index (χ0) is 37.7. The zero-order valence-electron chi connectivity index (χ0n) is 27.5. The second-order valence-electron chi connectivity index (χ2n) is 13.0. The average molecular weight is 879 g/mol. The van der Waals surface area contributed by atoms with Gasteiger partial charge in [-0.15, -0.1) is 0 Å². The van der Waals surface area contributed by atoms with E-state index >= 15 is 0 Å². The predicted molar refractivity (Wildman–Crippen MR) is 199 cm³/mol. The van der Waals surface area contributed by atoms with Gasteiger partial charge >= 0.3 is 51.4 Å². The summed E-state index contributed by atoms with van der Waals surface area (Å²) in [4.78, 5) is 1.21. The van der Waals surface area contributed by atoms with Crippen molar-refractivity contribution in [3.05, 3.63) is 82.0 Å². The molecule has 0 spiro atoms. The van der Waals surface area contributed by atoms with Gasteiger partial charge in [0, 0.05) is 52.0 Å². The van der Waals surface area contributed by atoms with E-state index in [0.717, 1.165) is 0 Å². The van der Waals surface area contributed by atoms with Crippen LogP contribution in [0, 0.1) is 0 Å². The van der Waals surface area contributed by atoms with Gasteiger partial charge in [-0.2, -0.15) is 38.2 Å². The third kappa shape index (κ3) is 10.6. The van der Waals surface area contributed by atoms with Crippen molar-refractivity contribution < 1.29 is 56.5 Å². The predicted octanol–water partition coefficient (Wildman–Crippen LogP) is 3.98. The molecular weight excluding hydrogens is 840 g/mol. The van der Waals surface area contributed by atoms with Crippen LogP contribution in [0.3, 0.4) is 0 Å². The first-order valence-corrected chi connectivity index (χ1v) is 22.0. The van der Waals surface area contributed by atoms with Gasteiger partial charge in [0.05, 0.1) is 26.7 Å². The number of halogens is 1. The van der Waals surface area contributed by atoms with Crippen molar-refractivity contribution in [1.82, 2.24) is 0 Å². The molecule has 0 unspecified atom stereocenters. The van der Waals surface area contributed by atoms with Gasteiger partial charge in [0.25, 0.3) is 40.5 Å². The first-order valence-electron chi connectivity index (χ1n) is 15.1. The second kappa shape index (κ2) is 15.9. The molecule has 4 rings (SSSR count). The molecule has 0 saturated heterocycles. The Balaban J connectivity index is 0.00000702. The van der Waals surface area contributed by atoms with Gasteiger partial charge in [0.15, 0.2) is 5.71 Å². The van der Waals surface area contributed by atoms with Crippen molar-refractivity contribution in [2.24, 2.45) is 0 Å². The molecule has 0 saturated carbocycles. The molecule has 0 bridgehead atoms. The number of fused-ring (bicyclic) bond motifs is 2. The van der Waals surface area contributed by atoms with Crippen molar-refractivity contribution in [3.63, 3.8) is 0 Å². The number of hydrogen-bond donors (Lipinski definition) is 4. The maximum atomic E-state index is 11.9. The molecule has 2 aliphatic rings. The normalized spacial score (nSPS) is 18.3. The summed E-state index contributed by atoms with van der Waals surface area (Å²) in [5.41, 5.74) is 2.00. The Hall–Kier alpha value is -1.11. The van der Waals surface area contributed by atoms with Crippen LogP contribution in [-0.2, 0) is 51.3 Å². The van der Waals surface area contributed by atoms with Gasteiger partial charge in [-0.3, -0.25) is 18.2 Å². The maximum absolute atomic E-state index is 11.9. The Morgan fingerprint density at radius 1 is 0.784 bits per heavy atom. The van der Waals surface area contributed by atoms with Crippen LogP contribution in [0.1, 0.15) is 51.7 Å². The third-order valence-electron chi connectivity index (χ3n) is 8.69. The van der Waals surface area contributed by atoms with Crippen molar-refractivity contribution in [1.29, 1.82) is 0 Å². The molecule has 0 radical (unpaired) electrons. The summed E-state index contributed by atoms with van der Waals surface area (Å²) >= 11 is 3.54. The number of anilines is 1. The molecule has 2 aromatic rings. The molecule has 0 fully saturated rings. The second-order valence-corrected chi connectivity index (χ2v) is 19.9. The average Bonchev–Trinajstić information content (AvgIpc) is 3.30. The molecule has 0 amide bonds. The van der Waals surface area contributed by atoms with E-state index in [9.17, 15) is 51.9 Å². The van der Waals surface area contributed by atoms with Gasteiger partial charge in [0.1, 0.15) is 6.54 Å². The zero-order valence-corrected chi connectivity index (χ0v) is 32.3. The summed E-state index contributed by atoms with van der Waals surface area (Å²) in [6, 6.07) is 8.26. The third-order valence-corrected chi connectivity index (χ3v) is 12.5. The van der Waals surface area contributed by atoms with E-state index in [0.29, 0.717) is 38.4 Å². The van der Waals surface area contributed by atoms with Crippen LogP contribution in [0.25, 0.3) is 0 Å². The molecule has 2 aromatic carbocycles. The van der Waals surface area contributed by atoms with Crippen molar-refractivity contribution in [2.75, 3.05) is 29.5 Å². The molecule has 0 atom stereocenters. The molecule has 276 valence electrons. The molecule has 51 heavy (non-hydrogen) atoms. The summed E-state index contributed by atoms with van der Waals surface area (Å²) < 4.78 is 134. The number of allylic oxidation sites excluding steroid dienone is 6. The van der Waals surface area contributed by atoms with Crippen LogP contribution < -0.4 is 4.90 Å². The molecule has 20 heteroatoms. The van der Waals surface area contributed by atoms with Crippen LogP contribution in [0.5, 0.6) is 0 Å². The topological polar surface area (TPSA) is 224 Å². The number of rotatable bonds is 13. The van der Waals surface area contributed by atoms with Crippen molar-refractivity contribution in [3.8, 4) is 0 Å². The molecule has 0 aromatic heterocycles. The summed E-state index contributed by atoms with van der Waals surface area (Å²) in [6.07, 6.45) is 7.06. The molecule has 2 heterocycles. The monoisotopic (exact) mass is 877 g/mol. The molecule has 4 N–H and O–H groups in total. The summed E-state index contributed by atoms with van der Waals surface area (Å²) in [7, 11) is -17.5. The first kappa shape index (κ1) is 44.3. The quantitative estimate of drug-likeness (QED) is 0.0969. The van der Waals surface area contributed by atoms with Crippen LogP contribution in [0.2, 0.25) is 0 Å². The standard InChI is InChI=1S/C31H37BrN2O12S4.K.H/c1-30(2)24-19-22(49(41,42)43)9-11-26(24)33(15-5-17-47(35,36)37)28(30)13-7-21(32)8-14-29-31(3,4)25-20-23(50(44,45)46)10-12-27(25)34(29)16-6-18-48(38,39)40;;/h7-14,19-20H,5-6,15-18H2,1-4H3,(H3-,35,36,37,38,39,40,41,42,43,44,45,46);;/p+1. The molecule has 0 aliphatic carbocycles. The van der Waals surface area contributed by atoms with Gasteiger partial charge in [-0.25, -0.2) is 0 Å². The van der Waals surface area contributed by atoms with E-state index in [1.165, 1.54) is 36.4 Å². The van der Waals surface area contributed by atoms with Crippen LogP contribution >= 0.6 is 15.9 Å². The van der Waals surface area contributed by atoms with E-state index in [1.54, 1.807) is 24.3 Å². The fraction of sp³-hybridized carbons (Fsp3) is 0.387. The fourth-order valence-corrected chi connectivity index (χ4v) is 8.56. The van der Waals surface area contributed by atoms with Gasteiger partial charge < -0.3 is 4.90 Å². The van der Waals surface area contributed by atoms with Crippen LogP contribution in [0.4, 0.5) is 11.4 Å². The van der Waals surface area contributed by atoms with E-state index in [-0.39, 0.29) is 87.1 Å². The van der Waals surface area contributed by atoms with Crippen molar-refractivity contribution >= 4 is 125 Å². The Morgan fingerprint density at radius 3 is 1.86 bits per heavy atom. The van der Waals surface area contributed by atoms with E-state index < -0.39 is 62.8 Å². The Morgan fingerprint density at radius 2 is 1.31 bits per heavy atom. The van der Waals surface area contributed by atoms with Crippen LogP contribution in [-0.4, -0.2) is 138 Å². The summed E-state index contributed by atoms with van der Waals surface area (Å²) in [6.45, 7) is 7.67. The van der Waals surface area contributed by atoms with Gasteiger partial charge in [0.2, 0.25) is 5.69 Å². The molecular formula is C31H39BrKN2O12S4+. The molecule has 2 aliphatic heterocycles. The molecule has 14 nitrogen and oxygen atoms in total. The van der Waals surface area contributed by atoms with E-state index in [2.05, 4.69) is 15.9 Å². The van der Waals surface area contributed by atoms with E-state index in [1.807, 2.05) is 37.2 Å². The van der Waals surface area contributed by atoms with Crippen molar-refractivity contribution in [2.45, 2.75) is 61.2 Å². The Kier molecular flexibility index (Phi) is 13.8. The number of benzene rings is 2.